The van der Waals surface area contributed by atoms with Gasteiger partial charge in [-0.1, -0.05) is 0 Å². The second-order valence-electron chi connectivity index (χ2n) is 4.09. The summed E-state index contributed by atoms with van der Waals surface area (Å²) < 4.78 is 5.62. The van der Waals surface area contributed by atoms with Gasteiger partial charge in [0.2, 0.25) is 5.91 Å². The number of amides is 1. The van der Waals surface area contributed by atoms with Gasteiger partial charge in [0.1, 0.15) is 5.00 Å². The van der Waals surface area contributed by atoms with Crippen molar-refractivity contribution >= 4 is 40.0 Å². The maximum absolute atomic E-state index is 11.9. The number of carbonyl (C=O) groups excluding carboxylic acids is 2. The molecule has 0 aliphatic carbocycles. The van der Waals surface area contributed by atoms with Crippen LogP contribution in [0.15, 0.2) is 40.9 Å². The highest BCUT2D eigenvalue weighted by Crippen LogP contribution is 2.24. The first-order valence-electron chi connectivity index (χ1n) is 6.47. The monoisotopic (exact) mass is 338 g/mol. The molecule has 0 aliphatic heterocycles. The lowest BCUT2D eigenvalue weighted by molar-refractivity contribution is -0.645. The summed E-state index contributed by atoms with van der Waals surface area (Å²) in [5, 5.41) is 16.7. The Morgan fingerprint density at radius 1 is 1.41 bits per heavy atom. The number of anilines is 1. The van der Waals surface area contributed by atoms with Crippen molar-refractivity contribution in [2.45, 2.75) is 11.9 Å². The molecule has 0 fully saturated rings. The van der Waals surface area contributed by atoms with Crippen LogP contribution in [0, 0.1) is 5.21 Å². The van der Waals surface area contributed by atoms with Gasteiger partial charge in [-0.05, 0) is 36.2 Å². The standard InChI is InChI=1S/C14H14N2O4S2/c1-2-20-14(18)10-6-8-21-13(10)15-11(17)9-22-12-5-3-4-7-16(12)19/h3-8H,2,9H2,1H3,(H,15,17). The zero-order valence-electron chi connectivity index (χ0n) is 11.8. The molecular weight excluding hydrogens is 324 g/mol. The third kappa shape index (κ3) is 4.22. The number of rotatable bonds is 6. The van der Waals surface area contributed by atoms with Crippen molar-refractivity contribution in [2.24, 2.45) is 0 Å². The van der Waals surface area contributed by atoms with Gasteiger partial charge in [-0.25, -0.2) is 4.79 Å². The van der Waals surface area contributed by atoms with Crippen molar-refractivity contribution in [2.75, 3.05) is 17.7 Å². The molecule has 2 aromatic rings. The number of carbonyl (C=O) groups is 2. The molecule has 6 nitrogen and oxygen atoms in total. The summed E-state index contributed by atoms with van der Waals surface area (Å²) in [5.41, 5.74) is 0.337. The first-order valence-corrected chi connectivity index (χ1v) is 8.33. The van der Waals surface area contributed by atoms with Gasteiger partial charge >= 0.3 is 5.97 Å². The summed E-state index contributed by atoms with van der Waals surface area (Å²) >= 11 is 2.38. The Hall–Kier alpha value is -2.06. The smallest absolute Gasteiger partial charge is 0.341 e. The zero-order chi connectivity index (χ0) is 15.9. The van der Waals surface area contributed by atoms with E-state index in [-0.39, 0.29) is 18.3 Å². The molecule has 116 valence electrons. The fraction of sp³-hybridized carbons (Fsp3) is 0.214. The number of ether oxygens (including phenoxy) is 1. The van der Waals surface area contributed by atoms with E-state index in [0.717, 1.165) is 11.8 Å². The van der Waals surface area contributed by atoms with Crippen LogP contribution < -0.4 is 10.0 Å². The lowest BCUT2D eigenvalue weighted by atomic mass is 10.3. The van der Waals surface area contributed by atoms with E-state index in [9.17, 15) is 14.8 Å². The molecule has 1 N–H and O–H groups in total. The number of hydrogen-bond acceptors (Lipinski definition) is 6. The van der Waals surface area contributed by atoms with Gasteiger partial charge in [0.05, 0.1) is 17.9 Å². The van der Waals surface area contributed by atoms with Gasteiger partial charge in [-0.2, -0.15) is 4.73 Å². The quantitative estimate of drug-likeness (QED) is 0.378. The number of hydrogen-bond donors (Lipinski definition) is 1. The Bertz CT molecular complexity index is 672. The Balaban J connectivity index is 1.94. The van der Waals surface area contributed by atoms with Crippen molar-refractivity contribution in [3.05, 3.63) is 46.6 Å². The average molecular weight is 338 g/mol. The predicted molar refractivity (Wildman–Crippen MR) is 85.0 cm³/mol. The third-order valence-corrected chi connectivity index (χ3v) is 4.40. The van der Waals surface area contributed by atoms with Crippen LogP contribution in [-0.4, -0.2) is 24.2 Å². The minimum atomic E-state index is -0.466. The minimum Gasteiger partial charge on any atom is -0.618 e. The molecule has 1 amide bonds. The molecule has 0 atom stereocenters. The summed E-state index contributed by atoms with van der Waals surface area (Å²) in [4.78, 5) is 23.7. The van der Waals surface area contributed by atoms with Crippen molar-refractivity contribution in [1.29, 1.82) is 0 Å². The molecule has 0 radical (unpaired) electrons. The molecule has 0 spiro atoms. The summed E-state index contributed by atoms with van der Waals surface area (Å²) in [6, 6.07) is 6.59. The Morgan fingerprint density at radius 2 is 2.23 bits per heavy atom. The Labute approximate surface area is 135 Å². The number of nitrogens with one attached hydrogen (secondary N) is 1. The van der Waals surface area contributed by atoms with Crippen LogP contribution in [0.5, 0.6) is 0 Å². The molecule has 0 saturated heterocycles. The molecule has 0 aromatic carbocycles. The predicted octanol–water partition coefficient (Wildman–Crippen LogP) is 2.29. The number of pyridine rings is 1. The third-order valence-electron chi connectivity index (χ3n) is 2.55. The van der Waals surface area contributed by atoms with Crippen LogP contribution in [0.4, 0.5) is 5.00 Å². The second-order valence-corrected chi connectivity index (χ2v) is 6.00. The second kappa shape index (κ2) is 7.81. The first-order chi connectivity index (χ1) is 10.6. The number of nitrogens with zero attached hydrogens (tertiary/aromatic N) is 1. The number of thiophene rings is 1. The van der Waals surface area contributed by atoms with E-state index >= 15 is 0 Å². The van der Waals surface area contributed by atoms with E-state index in [4.69, 9.17) is 4.74 Å². The van der Waals surface area contributed by atoms with Gasteiger partial charge in [0, 0.05) is 12.1 Å². The van der Waals surface area contributed by atoms with Crippen LogP contribution in [-0.2, 0) is 9.53 Å². The van der Waals surface area contributed by atoms with Gasteiger partial charge < -0.3 is 15.3 Å². The highest BCUT2D eigenvalue weighted by atomic mass is 32.2. The number of aromatic nitrogens is 1. The molecule has 0 saturated carbocycles. The van der Waals surface area contributed by atoms with Crippen LogP contribution in [0.25, 0.3) is 0 Å². The van der Waals surface area contributed by atoms with Gasteiger partial charge in [0.15, 0.2) is 6.20 Å². The normalized spacial score (nSPS) is 10.2. The van der Waals surface area contributed by atoms with Gasteiger partial charge in [-0.15, -0.1) is 11.3 Å². The maximum Gasteiger partial charge on any atom is 0.341 e. The lowest BCUT2D eigenvalue weighted by Crippen LogP contribution is -2.28. The van der Waals surface area contributed by atoms with E-state index in [1.807, 2.05) is 0 Å². The zero-order valence-corrected chi connectivity index (χ0v) is 13.4. The highest BCUT2D eigenvalue weighted by molar-refractivity contribution is 7.99. The van der Waals surface area contributed by atoms with Crippen molar-refractivity contribution in [3.63, 3.8) is 0 Å². The van der Waals surface area contributed by atoms with Crippen molar-refractivity contribution < 1.29 is 19.1 Å². The van der Waals surface area contributed by atoms with E-state index < -0.39 is 5.97 Å². The molecule has 2 rings (SSSR count). The number of esters is 1. The Morgan fingerprint density at radius 3 is 2.95 bits per heavy atom. The maximum atomic E-state index is 11.9. The summed E-state index contributed by atoms with van der Waals surface area (Å²) in [6.45, 7) is 1.99. The summed E-state index contributed by atoms with van der Waals surface area (Å²) in [7, 11) is 0. The van der Waals surface area contributed by atoms with Crippen LogP contribution in [0.1, 0.15) is 17.3 Å². The number of thioether (sulfide) groups is 1. The summed E-state index contributed by atoms with van der Waals surface area (Å²) in [5.74, 6) is -0.680. The molecule has 0 bridgehead atoms. The Kier molecular flexibility index (Phi) is 5.79. The molecule has 2 aromatic heterocycles. The van der Waals surface area contributed by atoms with Gasteiger partial charge in [0.25, 0.3) is 5.03 Å². The van der Waals surface area contributed by atoms with Gasteiger partial charge in [-0.3, -0.25) is 4.79 Å². The SMILES string of the molecule is CCOC(=O)c1ccsc1NC(=O)CSc1cccc[n+]1[O-]. The van der Waals surface area contributed by atoms with Crippen molar-refractivity contribution in [3.8, 4) is 0 Å². The molecule has 0 unspecified atom stereocenters. The molecule has 2 heterocycles. The fourth-order valence-electron chi connectivity index (χ4n) is 1.60. The van der Waals surface area contributed by atoms with E-state index in [1.54, 1.807) is 36.6 Å². The molecule has 22 heavy (non-hydrogen) atoms. The fourth-order valence-corrected chi connectivity index (χ4v) is 3.11. The van der Waals surface area contributed by atoms with E-state index in [2.05, 4.69) is 5.32 Å². The first kappa shape index (κ1) is 16.3. The lowest BCUT2D eigenvalue weighted by Gasteiger charge is -2.06. The van der Waals surface area contributed by atoms with Crippen LogP contribution in [0.3, 0.4) is 0 Å². The molecule has 0 aliphatic rings. The van der Waals surface area contributed by atoms with Crippen LogP contribution >= 0.6 is 23.1 Å². The largest absolute Gasteiger partial charge is 0.618 e. The minimum absolute atomic E-state index is 0.0758. The molecule has 8 heteroatoms. The summed E-state index contributed by atoms with van der Waals surface area (Å²) in [6.07, 6.45) is 1.37. The highest BCUT2D eigenvalue weighted by Gasteiger charge is 2.16. The van der Waals surface area contributed by atoms with Crippen molar-refractivity contribution in [1.82, 2.24) is 0 Å². The molecular formula is C14H14N2O4S2. The van der Waals surface area contributed by atoms with E-state index in [0.29, 0.717) is 20.3 Å². The topological polar surface area (TPSA) is 82.3 Å². The van der Waals surface area contributed by atoms with E-state index in [1.165, 1.54) is 17.5 Å². The average Bonchev–Trinajstić information content (AvgIpc) is 2.95. The van der Waals surface area contributed by atoms with Crippen LogP contribution in [0.2, 0.25) is 0 Å².